The zero-order valence-corrected chi connectivity index (χ0v) is 11.1. The Balaban J connectivity index is 1.72. The van der Waals surface area contributed by atoms with Crippen LogP contribution in [0.4, 0.5) is 0 Å². The molecule has 5 fully saturated rings. The van der Waals surface area contributed by atoms with Crippen molar-refractivity contribution < 1.29 is 4.79 Å². The largest absolute Gasteiger partial charge is 0.355 e. The minimum Gasteiger partial charge on any atom is -0.355 e. The Bertz CT molecular complexity index is 357. The van der Waals surface area contributed by atoms with Crippen LogP contribution in [-0.2, 0) is 4.79 Å². The lowest BCUT2D eigenvalue weighted by molar-refractivity contribution is -0.131. The van der Waals surface area contributed by atoms with E-state index in [9.17, 15) is 4.79 Å². The van der Waals surface area contributed by atoms with Crippen molar-refractivity contribution in [3.8, 4) is 0 Å². The molecule has 0 aromatic carbocycles. The molecular weight excluding hydrogens is 224 g/mol. The average molecular weight is 248 g/mol. The summed E-state index contributed by atoms with van der Waals surface area (Å²) >= 11 is 0. The second-order valence-corrected chi connectivity index (χ2v) is 7.64. The van der Waals surface area contributed by atoms with Crippen molar-refractivity contribution in [1.29, 1.82) is 0 Å². The summed E-state index contributed by atoms with van der Waals surface area (Å²) in [5.41, 5.74) is 6.64. The van der Waals surface area contributed by atoms with Gasteiger partial charge in [-0.3, -0.25) is 4.79 Å². The van der Waals surface area contributed by atoms with Crippen LogP contribution >= 0.6 is 0 Å². The fraction of sp³-hybridized carbons (Fsp3) is 0.933. The number of carbonyl (C=O) groups is 1. The molecule has 1 heterocycles. The molecule has 5 rings (SSSR count). The van der Waals surface area contributed by atoms with Gasteiger partial charge in [0.25, 0.3) is 0 Å². The van der Waals surface area contributed by atoms with Crippen LogP contribution in [0.1, 0.15) is 44.9 Å². The van der Waals surface area contributed by atoms with Crippen LogP contribution in [0.3, 0.4) is 0 Å². The zero-order chi connectivity index (χ0) is 12.4. The predicted molar refractivity (Wildman–Crippen MR) is 69.7 cm³/mol. The molecule has 1 unspecified atom stereocenters. The highest BCUT2D eigenvalue weighted by molar-refractivity contribution is 5.79. The zero-order valence-electron chi connectivity index (χ0n) is 11.1. The summed E-state index contributed by atoms with van der Waals surface area (Å²) in [5, 5.41) is 3.07. The van der Waals surface area contributed by atoms with Crippen molar-refractivity contribution in [2.24, 2.45) is 34.3 Å². The van der Waals surface area contributed by atoms with Crippen molar-refractivity contribution in [3.63, 3.8) is 0 Å². The number of hydrogen-bond donors (Lipinski definition) is 2. The maximum absolute atomic E-state index is 11.7. The average Bonchev–Trinajstić information content (AvgIpc) is 2.71. The van der Waals surface area contributed by atoms with E-state index < -0.39 is 0 Å². The molecule has 4 bridgehead atoms. The fourth-order valence-corrected chi connectivity index (χ4v) is 6.20. The van der Waals surface area contributed by atoms with Crippen LogP contribution in [0.15, 0.2) is 0 Å². The molecule has 1 amide bonds. The van der Waals surface area contributed by atoms with Crippen molar-refractivity contribution in [2.75, 3.05) is 13.1 Å². The predicted octanol–water partition coefficient (Wildman–Crippen LogP) is 1.67. The highest BCUT2D eigenvalue weighted by Crippen LogP contribution is 2.67. The molecule has 0 aromatic rings. The molecule has 0 aromatic heterocycles. The van der Waals surface area contributed by atoms with Gasteiger partial charge in [0.1, 0.15) is 0 Å². The summed E-state index contributed by atoms with van der Waals surface area (Å²) in [4.78, 5) is 11.7. The van der Waals surface area contributed by atoms with Gasteiger partial charge in [0.15, 0.2) is 0 Å². The Kier molecular flexibility index (Phi) is 2.19. The summed E-state index contributed by atoms with van der Waals surface area (Å²) in [6.45, 7) is 1.53. The number of nitrogens with one attached hydrogen (secondary N) is 1. The molecule has 3 heteroatoms. The van der Waals surface area contributed by atoms with Gasteiger partial charge in [0.2, 0.25) is 5.91 Å². The minimum atomic E-state index is 0.0834. The van der Waals surface area contributed by atoms with E-state index in [2.05, 4.69) is 5.32 Å². The van der Waals surface area contributed by atoms with E-state index in [0.29, 0.717) is 18.4 Å². The molecule has 1 atom stereocenters. The Labute approximate surface area is 109 Å². The van der Waals surface area contributed by atoms with Crippen LogP contribution in [-0.4, -0.2) is 19.0 Å². The molecule has 4 aliphatic carbocycles. The Hall–Kier alpha value is -0.570. The lowest BCUT2D eigenvalue weighted by Gasteiger charge is -2.62. The first-order valence-electron chi connectivity index (χ1n) is 7.62. The van der Waals surface area contributed by atoms with E-state index in [-0.39, 0.29) is 11.3 Å². The molecular formula is C15H24N2O. The topological polar surface area (TPSA) is 55.1 Å². The highest BCUT2D eigenvalue weighted by Gasteiger charge is 2.61. The fourth-order valence-electron chi connectivity index (χ4n) is 6.20. The van der Waals surface area contributed by atoms with E-state index in [4.69, 9.17) is 5.73 Å². The first-order valence-corrected chi connectivity index (χ1v) is 7.62. The second kappa shape index (κ2) is 3.50. The van der Waals surface area contributed by atoms with Gasteiger partial charge in [-0.1, -0.05) is 0 Å². The van der Waals surface area contributed by atoms with E-state index in [1.54, 1.807) is 0 Å². The molecule has 1 saturated heterocycles. The van der Waals surface area contributed by atoms with Crippen molar-refractivity contribution in [2.45, 2.75) is 44.9 Å². The molecule has 3 nitrogen and oxygen atoms in total. The number of hydrogen-bond acceptors (Lipinski definition) is 2. The molecule has 0 spiro atoms. The second-order valence-electron chi connectivity index (χ2n) is 7.64. The maximum atomic E-state index is 11.7. The van der Waals surface area contributed by atoms with Gasteiger partial charge < -0.3 is 11.1 Å². The maximum Gasteiger partial charge on any atom is 0.220 e. The van der Waals surface area contributed by atoms with E-state index in [1.807, 2.05) is 0 Å². The number of rotatable bonds is 2. The number of nitrogens with two attached hydrogens (primary N) is 1. The SMILES string of the molecule is NCC1(C23CC4CC(CC(C4)C2)C3)CNC(=O)C1. The van der Waals surface area contributed by atoms with Crippen molar-refractivity contribution >= 4 is 5.91 Å². The van der Waals surface area contributed by atoms with Gasteiger partial charge in [0.05, 0.1) is 0 Å². The minimum absolute atomic E-state index is 0.0834. The standard InChI is InChI=1S/C15H24N2O/c16-8-15(7-13(18)17-9-15)14-4-10-1-11(5-14)3-12(2-10)6-14/h10-12H,1-9,16H2,(H,17,18). The lowest BCUT2D eigenvalue weighted by atomic mass is 9.42. The monoisotopic (exact) mass is 248 g/mol. The molecule has 1 aliphatic heterocycles. The van der Waals surface area contributed by atoms with Crippen LogP contribution in [0.5, 0.6) is 0 Å². The Morgan fingerprint density at radius 1 is 1.11 bits per heavy atom. The third-order valence-corrected chi connectivity index (χ3v) is 6.68. The van der Waals surface area contributed by atoms with Crippen molar-refractivity contribution in [1.82, 2.24) is 5.32 Å². The lowest BCUT2D eigenvalue weighted by Crippen LogP contribution is -2.57. The van der Waals surface area contributed by atoms with Crippen LogP contribution < -0.4 is 11.1 Å². The van der Waals surface area contributed by atoms with Gasteiger partial charge in [0, 0.05) is 24.9 Å². The van der Waals surface area contributed by atoms with E-state index in [0.717, 1.165) is 24.3 Å². The summed E-state index contributed by atoms with van der Waals surface area (Å²) in [6, 6.07) is 0. The van der Waals surface area contributed by atoms with Crippen LogP contribution in [0, 0.1) is 28.6 Å². The van der Waals surface area contributed by atoms with Gasteiger partial charge in [-0.05, 0) is 61.7 Å². The van der Waals surface area contributed by atoms with Gasteiger partial charge in [-0.15, -0.1) is 0 Å². The van der Waals surface area contributed by atoms with Crippen molar-refractivity contribution in [3.05, 3.63) is 0 Å². The Morgan fingerprint density at radius 2 is 1.67 bits per heavy atom. The van der Waals surface area contributed by atoms with Crippen LogP contribution in [0.2, 0.25) is 0 Å². The molecule has 100 valence electrons. The quantitative estimate of drug-likeness (QED) is 0.781. The van der Waals surface area contributed by atoms with Crippen LogP contribution in [0.25, 0.3) is 0 Å². The molecule has 5 aliphatic rings. The summed E-state index contributed by atoms with van der Waals surface area (Å²) in [7, 11) is 0. The first-order chi connectivity index (χ1) is 8.65. The third-order valence-electron chi connectivity index (χ3n) is 6.68. The molecule has 4 saturated carbocycles. The third kappa shape index (κ3) is 1.31. The Morgan fingerprint density at radius 3 is 2.06 bits per heavy atom. The smallest absolute Gasteiger partial charge is 0.220 e. The number of amides is 1. The van der Waals surface area contributed by atoms with E-state index >= 15 is 0 Å². The van der Waals surface area contributed by atoms with Gasteiger partial charge in [-0.25, -0.2) is 0 Å². The van der Waals surface area contributed by atoms with Gasteiger partial charge in [-0.2, -0.15) is 0 Å². The highest BCUT2D eigenvalue weighted by atomic mass is 16.1. The van der Waals surface area contributed by atoms with Gasteiger partial charge >= 0.3 is 0 Å². The summed E-state index contributed by atoms with van der Waals surface area (Å²) < 4.78 is 0. The molecule has 18 heavy (non-hydrogen) atoms. The van der Waals surface area contributed by atoms with E-state index in [1.165, 1.54) is 38.5 Å². The normalized spacial score (nSPS) is 53.8. The summed E-state index contributed by atoms with van der Waals surface area (Å²) in [6.07, 6.45) is 9.13. The number of carbonyl (C=O) groups excluding carboxylic acids is 1. The first kappa shape index (κ1) is 11.3. The molecule has 0 radical (unpaired) electrons. The molecule has 3 N–H and O–H groups in total. The summed E-state index contributed by atoms with van der Waals surface area (Å²) in [5.74, 6) is 3.05.